The van der Waals surface area contributed by atoms with Crippen LogP contribution in [-0.2, 0) is 0 Å². The van der Waals surface area contributed by atoms with Crippen LogP contribution in [-0.4, -0.2) is 17.7 Å². The van der Waals surface area contributed by atoms with Gasteiger partial charge in [-0.2, -0.15) is 0 Å². The lowest BCUT2D eigenvalue weighted by molar-refractivity contribution is 0.511. The third kappa shape index (κ3) is 2.17. The van der Waals surface area contributed by atoms with Gasteiger partial charge < -0.3 is 10.2 Å². The molecule has 0 aliphatic carbocycles. The van der Waals surface area contributed by atoms with Gasteiger partial charge in [0.2, 0.25) is 0 Å². The monoisotopic (exact) mass is 273 g/mol. The van der Waals surface area contributed by atoms with Crippen LogP contribution in [0.1, 0.15) is 5.56 Å². The van der Waals surface area contributed by atoms with Gasteiger partial charge in [-0.25, -0.2) is 4.99 Å². The molecule has 0 aromatic heterocycles. The van der Waals surface area contributed by atoms with Crippen molar-refractivity contribution in [2.75, 3.05) is 7.05 Å². The van der Waals surface area contributed by atoms with Crippen molar-refractivity contribution in [1.82, 2.24) is 10.2 Å². The highest BCUT2D eigenvalue weighted by Gasteiger charge is 2.24. The average molecular weight is 273 g/mol. The highest BCUT2D eigenvalue weighted by Crippen LogP contribution is 2.27. The second-order valence-corrected chi connectivity index (χ2v) is 4.69. The van der Waals surface area contributed by atoms with Gasteiger partial charge in [-0.1, -0.05) is 43.5 Å². The van der Waals surface area contributed by atoms with E-state index in [9.17, 15) is 0 Å². The Labute approximate surface area is 124 Å². The van der Waals surface area contributed by atoms with Crippen LogP contribution in [0.5, 0.6) is 0 Å². The van der Waals surface area contributed by atoms with Gasteiger partial charge in [-0.15, -0.1) is 11.5 Å². The third-order valence-corrected chi connectivity index (χ3v) is 3.45. The maximum absolute atomic E-state index is 4.79. The summed E-state index contributed by atoms with van der Waals surface area (Å²) in [5.74, 6) is 0.835. The fourth-order valence-electron chi connectivity index (χ4n) is 2.34. The normalized spacial score (nSPS) is 16.8. The molecular weight excluding hydrogens is 258 g/mol. The quantitative estimate of drug-likeness (QED) is 0.796. The van der Waals surface area contributed by atoms with E-state index in [0.717, 1.165) is 34.2 Å². The SMILES string of the molecule is C=C=C1NC2=C(N=C1c1ccccc1)N(C)C(=C=C)C=C2. The minimum Gasteiger partial charge on any atom is -0.344 e. The van der Waals surface area contributed by atoms with Crippen LogP contribution in [0, 0.1) is 0 Å². The molecule has 0 fully saturated rings. The van der Waals surface area contributed by atoms with Crippen LogP contribution in [0.4, 0.5) is 0 Å². The molecule has 0 radical (unpaired) electrons. The number of nitrogens with zero attached hydrogens (tertiary/aromatic N) is 2. The molecule has 0 atom stereocenters. The molecule has 0 saturated carbocycles. The topological polar surface area (TPSA) is 27.6 Å². The summed E-state index contributed by atoms with van der Waals surface area (Å²) >= 11 is 0. The van der Waals surface area contributed by atoms with E-state index in [2.05, 4.69) is 29.9 Å². The minimum atomic E-state index is 0.782. The number of rotatable bonds is 1. The number of nitrogens with one attached hydrogen (secondary N) is 1. The van der Waals surface area contributed by atoms with E-state index in [-0.39, 0.29) is 0 Å². The van der Waals surface area contributed by atoms with Gasteiger partial charge in [0.25, 0.3) is 0 Å². The molecular formula is C18H15N3. The fourth-order valence-corrected chi connectivity index (χ4v) is 2.34. The minimum absolute atomic E-state index is 0.782. The fraction of sp³-hybridized carbons (Fsp3) is 0.0556. The zero-order valence-corrected chi connectivity index (χ0v) is 11.9. The van der Waals surface area contributed by atoms with Crippen molar-refractivity contribution in [1.29, 1.82) is 0 Å². The molecule has 1 aromatic carbocycles. The Balaban J connectivity index is 2.16. The summed E-state index contributed by atoms with van der Waals surface area (Å²) in [6, 6.07) is 10.00. The molecule has 21 heavy (non-hydrogen) atoms. The molecule has 2 heterocycles. The van der Waals surface area contributed by atoms with E-state index >= 15 is 0 Å². The van der Waals surface area contributed by atoms with Crippen LogP contribution in [0.2, 0.25) is 0 Å². The largest absolute Gasteiger partial charge is 0.344 e. The van der Waals surface area contributed by atoms with Crippen molar-refractivity contribution < 1.29 is 0 Å². The smallest absolute Gasteiger partial charge is 0.157 e. The Morgan fingerprint density at radius 3 is 2.52 bits per heavy atom. The molecule has 3 heteroatoms. The first-order chi connectivity index (χ1) is 10.2. The van der Waals surface area contributed by atoms with Crippen LogP contribution in [0.3, 0.4) is 0 Å². The van der Waals surface area contributed by atoms with E-state index in [4.69, 9.17) is 4.99 Å². The summed E-state index contributed by atoms with van der Waals surface area (Å²) in [6.07, 6.45) is 3.91. The highest BCUT2D eigenvalue weighted by atomic mass is 15.2. The zero-order chi connectivity index (χ0) is 14.8. The first-order valence-electron chi connectivity index (χ1n) is 6.62. The Morgan fingerprint density at radius 2 is 1.86 bits per heavy atom. The summed E-state index contributed by atoms with van der Waals surface area (Å²) in [4.78, 5) is 6.74. The van der Waals surface area contributed by atoms with Crippen molar-refractivity contribution in [3.8, 4) is 0 Å². The van der Waals surface area contributed by atoms with Gasteiger partial charge in [0.1, 0.15) is 11.4 Å². The molecule has 3 nitrogen and oxygen atoms in total. The van der Waals surface area contributed by atoms with Crippen molar-refractivity contribution in [3.05, 3.63) is 95.6 Å². The van der Waals surface area contributed by atoms with E-state index in [1.807, 2.05) is 54.4 Å². The van der Waals surface area contributed by atoms with Crippen LogP contribution >= 0.6 is 0 Å². The van der Waals surface area contributed by atoms with Crippen LogP contribution < -0.4 is 5.32 Å². The second-order valence-electron chi connectivity index (χ2n) is 4.69. The van der Waals surface area contributed by atoms with Crippen molar-refractivity contribution in [2.45, 2.75) is 0 Å². The van der Waals surface area contributed by atoms with Gasteiger partial charge in [-0.05, 0) is 12.2 Å². The number of likely N-dealkylation sites (N-methyl/N-ethyl adjacent to an activating group) is 1. The van der Waals surface area contributed by atoms with E-state index < -0.39 is 0 Å². The third-order valence-electron chi connectivity index (χ3n) is 3.45. The maximum Gasteiger partial charge on any atom is 0.157 e. The molecule has 0 spiro atoms. The standard InChI is InChI=1S/C18H15N3/c1-4-14-11-12-16-18(21(14)3)20-17(15(5-2)19-16)13-9-7-6-8-10-13/h6-12,19H,1-2H2,3H3. The van der Waals surface area contributed by atoms with E-state index in [1.165, 1.54) is 0 Å². The molecule has 1 aromatic rings. The molecule has 1 N–H and O–H groups in total. The lowest BCUT2D eigenvalue weighted by Crippen LogP contribution is -2.32. The lowest BCUT2D eigenvalue weighted by atomic mass is 10.0. The second kappa shape index (κ2) is 5.18. The van der Waals surface area contributed by atoms with Gasteiger partial charge in [0, 0.05) is 12.6 Å². The molecule has 2 aliphatic heterocycles. The lowest BCUT2D eigenvalue weighted by Gasteiger charge is -2.30. The number of hydrogen-bond donors (Lipinski definition) is 1. The Kier molecular flexibility index (Phi) is 3.21. The Morgan fingerprint density at radius 1 is 1.10 bits per heavy atom. The van der Waals surface area contributed by atoms with Gasteiger partial charge in [-0.3, -0.25) is 0 Å². The van der Waals surface area contributed by atoms with Gasteiger partial charge in [0.05, 0.1) is 11.4 Å². The number of benzene rings is 1. The first-order valence-corrected chi connectivity index (χ1v) is 6.62. The Hall–Kier alpha value is -2.99. The molecule has 0 unspecified atom stereocenters. The van der Waals surface area contributed by atoms with Crippen LogP contribution in [0.25, 0.3) is 0 Å². The summed E-state index contributed by atoms with van der Waals surface area (Å²) in [7, 11) is 1.95. The summed E-state index contributed by atoms with van der Waals surface area (Å²) < 4.78 is 0. The van der Waals surface area contributed by atoms with E-state index in [1.54, 1.807) is 0 Å². The zero-order valence-electron chi connectivity index (χ0n) is 11.9. The van der Waals surface area contributed by atoms with Crippen molar-refractivity contribution >= 4 is 5.71 Å². The summed E-state index contributed by atoms with van der Waals surface area (Å²) in [5.41, 5.74) is 10.3. The molecule has 0 bridgehead atoms. The summed E-state index contributed by atoms with van der Waals surface area (Å²) in [5, 5.41) is 3.33. The molecule has 2 aliphatic rings. The predicted octanol–water partition coefficient (Wildman–Crippen LogP) is 3.09. The van der Waals surface area contributed by atoms with Crippen molar-refractivity contribution in [3.63, 3.8) is 0 Å². The molecule has 0 saturated heterocycles. The van der Waals surface area contributed by atoms with Gasteiger partial charge in [0.15, 0.2) is 5.82 Å². The molecule has 3 rings (SSSR count). The average Bonchev–Trinajstić information content (AvgIpc) is 2.55. The number of aliphatic imine (C=N–C) groups is 1. The van der Waals surface area contributed by atoms with Crippen molar-refractivity contribution in [2.24, 2.45) is 4.99 Å². The van der Waals surface area contributed by atoms with Gasteiger partial charge >= 0.3 is 0 Å². The molecule has 0 amide bonds. The molecule has 102 valence electrons. The Bertz CT molecular complexity index is 781. The predicted molar refractivity (Wildman–Crippen MR) is 85.3 cm³/mol. The summed E-state index contributed by atoms with van der Waals surface area (Å²) in [6.45, 7) is 7.46. The first kappa shape index (κ1) is 13.0. The van der Waals surface area contributed by atoms with E-state index in [0.29, 0.717) is 0 Å². The highest BCUT2D eigenvalue weighted by molar-refractivity contribution is 6.13. The number of hydrogen-bond acceptors (Lipinski definition) is 3. The number of allylic oxidation sites excluding steroid dienone is 3. The maximum atomic E-state index is 4.79. The van der Waals surface area contributed by atoms with Crippen LogP contribution in [0.15, 0.2) is 95.0 Å².